The maximum absolute atomic E-state index is 8.56. The smallest absolute Gasteiger partial charge is 0.0622 e. The molecule has 0 spiro atoms. The maximum Gasteiger partial charge on any atom is 0.0622 e. The van der Waals surface area contributed by atoms with Gasteiger partial charge < -0.3 is 4.90 Å². The van der Waals surface area contributed by atoms with Crippen LogP contribution in [0, 0.1) is 17.2 Å². The van der Waals surface area contributed by atoms with Crippen LogP contribution in [0.5, 0.6) is 0 Å². The predicted molar refractivity (Wildman–Crippen MR) is 63.5 cm³/mol. The van der Waals surface area contributed by atoms with Crippen molar-refractivity contribution in [3.8, 4) is 6.07 Å². The van der Waals surface area contributed by atoms with Crippen LogP contribution in [0.25, 0.3) is 0 Å². The molecule has 1 aliphatic heterocycles. The van der Waals surface area contributed by atoms with Gasteiger partial charge in [-0.05, 0) is 38.3 Å². The lowest BCUT2D eigenvalue weighted by Crippen LogP contribution is -2.39. The van der Waals surface area contributed by atoms with E-state index in [1.807, 2.05) is 0 Å². The minimum absolute atomic E-state index is 0.710. The fourth-order valence-corrected chi connectivity index (χ4v) is 2.59. The van der Waals surface area contributed by atoms with E-state index in [2.05, 4.69) is 24.8 Å². The summed E-state index contributed by atoms with van der Waals surface area (Å²) in [5.74, 6) is 0.755. The van der Waals surface area contributed by atoms with Crippen molar-refractivity contribution in [1.82, 2.24) is 4.90 Å². The van der Waals surface area contributed by atoms with Crippen molar-refractivity contribution in [2.75, 3.05) is 13.1 Å². The maximum atomic E-state index is 8.56. The van der Waals surface area contributed by atoms with Gasteiger partial charge in [0.05, 0.1) is 6.07 Å². The molecule has 0 aromatic carbocycles. The molecule has 1 fully saturated rings. The van der Waals surface area contributed by atoms with Crippen LogP contribution in [0.15, 0.2) is 0 Å². The lowest BCUT2D eigenvalue weighted by Gasteiger charge is -2.32. The van der Waals surface area contributed by atoms with Crippen molar-refractivity contribution in [3.63, 3.8) is 0 Å². The Kier molecular flexibility index (Phi) is 5.71. The third kappa shape index (κ3) is 4.22. The Morgan fingerprint density at radius 2 is 2.13 bits per heavy atom. The SMILES string of the molecule is CC(C)C1CCCCCN1CCCC#N. The van der Waals surface area contributed by atoms with Crippen molar-refractivity contribution < 1.29 is 0 Å². The monoisotopic (exact) mass is 208 g/mol. The van der Waals surface area contributed by atoms with Gasteiger partial charge in [-0.2, -0.15) is 5.26 Å². The summed E-state index contributed by atoms with van der Waals surface area (Å²) >= 11 is 0. The van der Waals surface area contributed by atoms with Crippen molar-refractivity contribution in [2.24, 2.45) is 5.92 Å². The van der Waals surface area contributed by atoms with Gasteiger partial charge in [0.2, 0.25) is 0 Å². The second-order valence-corrected chi connectivity index (χ2v) is 4.96. The second-order valence-electron chi connectivity index (χ2n) is 4.96. The number of likely N-dealkylation sites (tertiary alicyclic amines) is 1. The van der Waals surface area contributed by atoms with E-state index in [1.165, 1.54) is 32.2 Å². The number of nitriles is 1. The van der Waals surface area contributed by atoms with Crippen LogP contribution in [0.3, 0.4) is 0 Å². The summed E-state index contributed by atoms with van der Waals surface area (Å²) in [7, 11) is 0. The molecule has 0 bridgehead atoms. The van der Waals surface area contributed by atoms with E-state index in [9.17, 15) is 0 Å². The second kappa shape index (κ2) is 6.85. The number of unbranched alkanes of at least 4 members (excludes halogenated alkanes) is 1. The Morgan fingerprint density at radius 1 is 1.33 bits per heavy atom. The van der Waals surface area contributed by atoms with Gasteiger partial charge in [-0.25, -0.2) is 0 Å². The summed E-state index contributed by atoms with van der Waals surface area (Å²) in [5.41, 5.74) is 0. The molecule has 0 aliphatic carbocycles. The van der Waals surface area contributed by atoms with Gasteiger partial charge in [0.25, 0.3) is 0 Å². The Hall–Kier alpha value is -0.550. The standard InChI is InChI=1S/C13H24N2/c1-12(2)13-8-4-3-6-10-15(13)11-7-5-9-14/h12-13H,3-8,10-11H2,1-2H3. The molecule has 1 atom stereocenters. The summed E-state index contributed by atoms with van der Waals surface area (Å²) < 4.78 is 0. The van der Waals surface area contributed by atoms with Crippen molar-refractivity contribution in [1.29, 1.82) is 5.26 Å². The van der Waals surface area contributed by atoms with Crippen LogP contribution in [0.1, 0.15) is 52.4 Å². The van der Waals surface area contributed by atoms with Crippen LogP contribution in [-0.2, 0) is 0 Å². The van der Waals surface area contributed by atoms with E-state index in [-0.39, 0.29) is 0 Å². The highest BCUT2D eigenvalue weighted by molar-refractivity contribution is 4.79. The molecule has 1 rings (SSSR count). The lowest BCUT2D eigenvalue weighted by molar-refractivity contribution is 0.156. The topological polar surface area (TPSA) is 27.0 Å². The molecular weight excluding hydrogens is 184 g/mol. The average molecular weight is 208 g/mol. The number of rotatable bonds is 4. The molecule has 1 aliphatic rings. The molecule has 0 saturated carbocycles. The lowest BCUT2D eigenvalue weighted by atomic mass is 9.98. The quantitative estimate of drug-likeness (QED) is 0.663. The van der Waals surface area contributed by atoms with Gasteiger partial charge in [0, 0.05) is 12.5 Å². The molecule has 1 saturated heterocycles. The Bertz CT molecular complexity index is 205. The highest BCUT2D eigenvalue weighted by Crippen LogP contribution is 2.22. The highest BCUT2D eigenvalue weighted by Gasteiger charge is 2.22. The molecule has 0 amide bonds. The van der Waals surface area contributed by atoms with Gasteiger partial charge in [0.1, 0.15) is 0 Å². The summed E-state index contributed by atoms with van der Waals surface area (Å²) in [6.07, 6.45) is 7.22. The first kappa shape index (κ1) is 12.5. The first-order valence-corrected chi connectivity index (χ1v) is 6.36. The van der Waals surface area contributed by atoms with Crippen molar-refractivity contribution >= 4 is 0 Å². The first-order valence-electron chi connectivity index (χ1n) is 6.36. The van der Waals surface area contributed by atoms with Gasteiger partial charge in [-0.1, -0.05) is 26.7 Å². The zero-order valence-corrected chi connectivity index (χ0v) is 10.2. The van der Waals surface area contributed by atoms with Crippen molar-refractivity contribution in [2.45, 2.75) is 58.4 Å². The van der Waals surface area contributed by atoms with E-state index in [0.29, 0.717) is 6.42 Å². The Balaban J connectivity index is 2.43. The number of hydrogen-bond acceptors (Lipinski definition) is 2. The first-order chi connectivity index (χ1) is 7.25. The molecule has 2 nitrogen and oxygen atoms in total. The van der Waals surface area contributed by atoms with E-state index in [0.717, 1.165) is 24.9 Å². The van der Waals surface area contributed by atoms with Crippen LogP contribution in [0.4, 0.5) is 0 Å². The van der Waals surface area contributed by atoms with Gasteiger partial charge in [0.15, 0.2) is 0 Å². The molecule has 0 N–H and O–H groups in total. The zero-order valence-electron chi connectivity index (χ0n) is 10.2. The third-order valence-electron chi connectivity index (χ3n) is 3.42. The highest BCUT2D eigenvalue weighted by atomic mass is 15.2. The molecule has 0 aromatic rings. The van der Waals surface area contributed by atoms with E-state index < -0.39 is 0 Å². The Labute approximate surface area is 94.3 Å². The van der Waals surface area contributed by atoms with Crippen LogP contribution in [-0.4, -0.2) is 24.0 Å². The molecule has 1 heterocycles. The largest absolute Gasteiger partial charge is 0.300 e. The molecule has 86 valence electrons. The summed E-state index contributed by atoms with van der Waals surface area (Å²) in [6.45, 7) is 7.02. The molecule has 1 unspecified atom stereocenters. The van der Waals surface area contributed by atoms with Crippen LogP contribution in [0.2, 0.25) is 0 Å². The minimum atomic E-state index is 0.710. The van der Waals surface area contributed by atoms with E-state index >= 15 is 0 Å². The minimum Gasteiger partial charge on any atom is -0.300 e. The Morgan fingerprint density at radius 3 is 2.80 bits per heavy atom. The van der Waals surface area contributed by atoms with Crippen LogP contribution < -0.4 is 0 Å². The molecular formula is C13H24N2. The number of nitrogens with zero attached hydrogens (tertiary/aromatic N) is 2. The average Bonchev–Trinajstić information content (AvgIpc) is 2.43. The molecule has 15 heavy (non-hydrogen) atoms. The molecule has 0 aromatic heterocycles. The molecule has 2 heteroatoms. The summed E-state index contributed by atoms with van der Waals surface area (Å²) in [6, 6.07) is 3.00. The molecule has 0 radical (unpaired) electrons. The van der Waals surface area contributed by atoms with E-state index in [4.69, 9.17) is 5.26 Å². The van der Waals surface area contributed by atoms with E-state index in [1.54, 1.807) is 0 Å². The fraction of sp³-hybridized carbons (Fsp3) is 0.923. The van der Waals surface area contributed by atoms with Gasteiger partial charge >= 0.3 is 0 Å². The zero-order chi connectivity index (χ0) is 11.1. The number of hydrogen-bond donors (Lipinski definition) is 0. The normalized spacial score (nSPS) is 23.7. The summed E-state index contributed by atoms with van der Waals surface area (Å²) in [5, 5.41) is 8.56. The third-order valence-corrected chi connectivity index (χ3v) is 3.42. The predicted octanol–water partition coefficient (Wildman–Crippen LogP) is 3.19. The van der Waals surface area contributed by atoms with Gasteiger partial charge in [-0.15, -0.1) is 0 Å². The van der Waals surface area contributed by atoms with Gasteiger partial charge in [-0.3, -0.25) is 0 Å². The van der Waals surface area contributed by atoms with Crippen LogP contribution >= 0.6 is 0 Å². The van der Waals surface area contributed by atoms with Crippen molar-refractivity contribution in [3.05, 3.63) is 0 Å². The summed E-state index contributed by atoms with van der Waals surface area (Å²) in [4.78, 5) is 2.62. The fourth-order valence-electron chi connectivity index (χ4n) is 2.59.